The van der Waals surface area contributed by atoms with Crippen molar-refractivity contribution in [1.29, 1.82) is 0 Å². The fourth-order valence-electron chi connectivity index (χ4n) is 3.62. The molecule has 2 aliphatic rings. The van der Waals surface area contributed by atoms with Gasteiger partial charge in [-0.25, -0.2) is 4.98 Å². The molecule has 1 aromatic heterocycles. The first-order valence-electron chi connectivity index (χ1n) is 8.83. The number of thiazole rings is 1. The smallest absolute Gasteiger partial charge is 0.257 e. The lowest BCUT2D eigenvalue weighted by molar-refractivity contribution is -0.145. The highest BCUT2D eigenvalue weighted by atomic mass is 32.1. The molecule has 27 heavy (non-hydrogen) atoms. The minimum Gasteiger partial charge on any atom is -0.380 e. The Morgan fingerprint density at radius 3 is 2.41 bits per heavy atom. The number of rotatable bonds is 4. The molecule has 2 amide bonds. The largest absolute Gasteiger partial charge is 0.380 e. The zero-order chi connectivity index (χ0) is 18.8. The van der Waals surface area contributed by atoms with Crippen molar-refractivity contribution < 1.29 is 19.1 Å². The molecule has 2 aromatic rings. The molecular formula is C19H19N3O4S. The SMILES string of the molecule is O=C(Nc1nccs1)c1ccc(NC(=O)C2CC3COCC(C2)C3=O)cc1. The second-order valence-corrected chi connectivity index (χ2v) is 7.75. The lowest BCUT2D eigenvalue weighted by Gasteiger charge is -2.36. The van der Waals surface area contributed by atoms with Crippen LogP contribution in [0.25, 0.3) is 0 Å². The van der Waals surface area contributed by atoms with Crippen LogP contribution in [0.2, 0.25) is 0 Å². The van der Waals surface area contributed by atoms with Crippen molar-refractivity contribution in [3.63, 3.8) is 0 Å². The number of carbonyl (C=O) groups is 3. The first-order valence-corrected chi connectivity index (χ1v) is 9.71. The number of nitrogens with one attached hydrogen (secondary N) is 2. The van der Waals surface area contributed by atoms with Gasteiger partial charge >= 0.3 is 0 Å². The number of ether oxygens (including phenoxy) is 1. The average molecular weight is 385 g/mol. The molecule has 0 spiro atoms. The standard InChI is InChI=1S/C19H19N3O4S/c23-16-13-7-12(8-14(16)10-26-9-13)18(25)21-15-3-1-11(2-4-15)17(24)22-19-20-5-6-27-19/h1-6,12-14H,7-10H2,(H,21,25)(H,20,22,24). The molecule has 1 aromatic carbocycles. The van der Waals surface area contributed by atoms with Crippen molar-refractivity contribution in [3.05, 3.63) is 41.4 Å². The number of ketones is 1. The van der Waals surface area contributed by atoms with E-state index < -0.39 is 0 Å². The van der Waals surface area contributed by atoms with E-state index in [1.807, 2.05) is 0 Å². The number of amides is 2. The summed E-state index contributed by atoms with van der Waals surface area (Å²) < 4.78 is 5.43. The maximum atomic E-state index is 12.6. The molecule has 1 aliphatic heterocycles. The van der Waals surface area contributed by atoms with Gasteiger partial charge in [0.15, 0.2) is 5.13 Å². The van der Waals surface area contributed by atoms with Crippen molar-refractivity contribution in [2.45, 2.75) is 12.8 Å². The average Bonchev–Trinajstić information content (AvgIpc) is 3.15. The zero-order valence-corrected chi connectivity index (χ0v) is 15.3. The molecule has 140 valence electrons. The van der Waals surface area contributed by atoms with Crippen LogP contribution in [0.4, 0.5) is 10.8 Å². The zero-order valence-electron chi connectivity index (χ0n) is 14.5. The second-order valence-electron chi connectivity index (χ2n) is 6.86. The summed E-state index contributed by atoms with van der Waals surface area (Å²) in [4.78, 5) is 40.9. The predicted molar refractivity (Wildman–Crippen MR) is 101 cm³/mol. The quantitative estimate of drug-likeness (QED) is 0.843. The number of Topliss-reactive ketones (excluding diaryl/α,β-unsaturated/α-hetero) is 1. The number of nitrogens with zero attached hydrogens (tertiary/aromatic N) is 1. The molecule has 2 bridgehead atoms. The number of hydrogen-bond acceptors (Lipinski definition) is 6. The highest BCUT2D eigenvalue weighted by Gasteiger charge is 2.42. The van der Waals surface area contributed by atoms with Crippen molar-refractivity contribution in [2.75, 3.05) is 23.8 Å². The predicted octanol–water partition coefficient (Wildman–Crippen LogP) is 2.58. The normalized spacial score (nSPS) is 24.3. The van der Waals surface area contributed by atoms with Crippen LogP contribution in [0.5, 0.6) is 0 Å². The van der Waals surface area contributed by atoms with Gasteiger partial charge in [-0.2, -0.15) is 0 Å². The molecule has 8 heteroatoms. The summed E-state index contributed by atoms with van der Waals surface area (Å²) in [6.07, 6.45) is 2.70. The van der Waals surface area contributed by atoms with Crippen LogP contribution in [0.3, 0.4) is 0 Å². The number of anilines is 2. The highest BCUT2D eigenvalue weighted by molar-refractivity contribution is 7.13. The minimum atomic E-state index is -0.249. The Morgan fingerprint density at radius 2 is 1.78 bits per heavy atom. The second kappa shape index (κ2) is 7.58. The number of fused-ring (bicyclic) bond motifs is 2. The molecule has 2 heterocycles. The third kappa shape index (κ3) is 3.91. The van der Waals surface area contributed by atoms with E-state index in [0.717, 1.165) is 0 Å². The Labute approximate surface area is 160 Å². The first-order chi connectivity index (χ1) is 13.1. The monoisotopic (exact) mass is 385 g/mol. The van der Waals surface area contributed by atoms with E-state index in [0.29, 0.717) is 42.4 Å². The molecule has 1 saturated carbocycles. The third-order valence-electron chi connectivity index (χ3n) is 5.02. The van der Waals surface area contributed by atoms with E-state index in [4.69, 9.17) is 4.74 Å². The van der Waals surface area contributed by atoms with Gasteiger partial charge in [0.05, 0.1) is 13.2 Å². The molecule has 7 nitrogen and oxygen atoms in total. The van der Waals surface area contributed by atoms with E-state index in [1.165, 1.54) is 11.3 Å². The van der Waals surface area contributed by atoms with Gasteiger partial charge in [-0.1, -0.05) is 0 Å². The van der Waals surface area contributed by atoms with Gasteiger partial charge < -0.3 is 10.1 Å². The number of carbonyl (C=O) groups excluding carboxylic acids is 3. The Bertz CT molecular complexity index is 834. The van der Waals surface area contributed by atoms with Gasteiger partial charge in [0.1, 0.15) is 5.78 Å². The van der Waals surface area contributed by atoms with E-state index in [-0.39, 0.29) is 35.4 Å². The van der Waals surface area contributed by atoms with Crippen molar-refractivity contribution in [3.8, 4) is 0 Å². The van der Waals surface area contributed by atoms with Gasteiger partial charge in [-0.15, -0.1) is 11.3 Å². The Morgan fingerprint density at radius 1 is 1.07 bits per heavy atom. The number of hydrogen-bond donors (Lipinski definition) is 2. The summed E-state index contributed by atoms with van der Waals surface area (Å²) in [5.74, 6) is -0.605. The Hall–Kier alpha value is -2.58. The van der Waals surface area contributed by atoms with Crippen LogP contribution in [-0.2, 0) is 14.3 Å². The fourth-order valence-corrected chi connectivity index (χ4v) is 4.14. The molecule has 2 fully saturated rings. The van der Waals surface area contributed by atoms with Gasteiger partial charge in [0, 0.05) is 40.6 Å². The van der Waals surface area contributed by atoms with Gasteiger partial charge in [0.25, 0.3) is 5.91 Å². The van der Waals surface area contributed by atoms with E-state index >= 15 is 0 Å². The molecule has 2 unspecified atom stereocenters. The first kappa shape index (κ1) is 17.8. The maximum Gasteiger partial charge on any atom is 0.257 e. The van der Waals surface area contributed by atoms with E-state index in [2.05, 4.69) is 15.6 Å². The highest BCUT2D eigenvalue weighted by Crippen LogP contribution is 2.35. The van der Waals surface area contributed by atoms with E-state index in [1.54, 1.807) is 35.8 Å². The molecule has 1 saturated heterocycles. The number of aromatic nitrogens is 1. The lowest BCUT2D eigenvalue weighted by atomic mass is 9.73. The van der Waals surface area contributed by atoms with Crippen molar-refractivity contribution in [2.24, 2.45) is 17.8 Å². The van der Waals surface area contributed by atoms with Crippen molar-refractivity contribution >= 4 is 39.8 Å². The number of benzene rings is 1. The van der Waals surface area contributed by atoms with Crippen LogP contribution in [0.1, 0.15) is 23.2 Å². The maximum absolute atomic E-state index is 12.6. The fraction of sp³-hybridized carbons (Fsp3) is 0.368. The van der Waals surface area contributed by atoms with E-state index in [9.17, 15) is 14.4 Å². The minimum absolute atomic E-state index is 0.0839. The Kier molecular flexibility index (Phi) is 5.00. The summed E-state index contributed by atoms with van der Waals surface area (Å²) >= 11 is 1.35. The molecule has 4 rings (SSSR count). The van der Waals surface area contributed by atoms with Gasteiger partial charge in [-0.3, -0.25) is 19.7 Å². The van der Waals surface area contributed by atoms with Crippen LogP contribution < -0.4 is 10.6 Å². The van der Waals surface area contributed by atoms with Crippen LogP contribution in [-0.4, -0.2) is 35.8 Å². The van der Waals surface area contributed by atoms with Crippen LogP contribution in [0.15, 0.2) is 35.8 Å². The third-order valence-corrected chi connectivity index (χ3v) is 5.71. The Balaban J connectivity index is 1.36. The molecule has 0 radical (unpaired) electrons. The molecular weight excluding hydrogens is 366 g/mol. The summed E-state index contributed by atoms with van der Waals surface area (Å²) in [6, 6.07) is 6.72. The van der Waals surface area contributed by atoms with Crippen LogP contribution in [0, 0.1) is 17.8 Å². The summed E-state index contributed by atoms with van der Waals surface area (Å²) in [5, 5.41) is 7.93. The molecule has 1 aliphatic carbocycles. The van der Waals surface area contributed by atoms with Gasteiger partial charge in [0.2, 0.25) is 5.91 Å². The molecule has 2 atom stereocenters. The van der Waals surface area contributed by atoms with Crippen LogP contribution >= 0.6 is 11.3 Å². The molecule has 2 N–H and O–H groups in total. The van der Waals surface area contributed by atoms with Gasteiger partial charge in [-0.05, 0) is 37.1 Å². The van der Waals surface area contributed by atoms with Crippen molar-refractivity contribution in [1.82, 2.24) is 4.98 Å². The topological polar surface area (TPSA) is 97.4 Å². The lowest BCUT2D eigenvalue weighted by Crippen LogP contribution is -2.45. The summed E-state index contributed by atoms with van der Waals surface area (Å²) in [5.41, 5.74) is 1.11. The summed E-state index contributed by atoms with van der Waals surface area (Å²) in [6.45, 7) is 0.837. The summed E-state index contributed by atoms with van der Waals surface area (Å²) in [7, 11) is 0.